The Hall–Kier alpha value is -2.88. The molecule has 2 N–H and O–H groups in total. The highest BCUT2D eigenvalue weighted by molar-refractivity contribution is 6.11. The fourth-order valence-electron chi connectivity index (χ4n) is 1.68. The van der Waals surface area contributed by atoms with Gasteiger partial charge in [0.15, 0.2) is 5.78 Å². The molecule has 100 valence electrons. The molecular formula is C16H13NO3. The van der Waals surface area contributed by atoms with Crippen molar-refractivity contribution in [2.24, 2.45) is 0 Å². The summed E-state index contributed by atoms with van der Waals surface area (Å²) in [5.74, 6) is -0.640. The predicted molar refractivity (Wildman–Crippen MR) is 76.6 cm³/mol. The number of ether oxygens (including phenoxy) is 1. The summed E-state index contributed by atoms with van der Waals surface area (Å²) in [5, 5.41) is 0. The van der Waals surface area contributed by atoms with Crippen LogP contribution in [0.3, 0.4) is 0 Å². The van der Waals surface area contributed by atoms with E-state index in [1.807, 2.05) is 0 Å². The monoisotopic (exact) mass is 267 g/mol. The molecule has 4 nitrogen and oxygen atoms in total. The standard InChI is InChI=1S/C16H13NO3/c1-2-15(18)20-14-6-4-3-5-13(14)16(19)11-7-9-12(17)10-8-11/h2-10H,1,17H2. The van der Waals surface area contributed by atoms with Crippen LogP contribution < -0.4 is 10.5 Å². The maximum Gasteiger partial charge on any atom is 0.335 e. The van der Waals surface area contributed by atoms with Gasteiger partial charge in [-0.1, -0.05) is 18.7 Å². The number of rotatable bonds is 4. The SMILES string of the molecule is C=CC(=O)Oc1ccccc1C(=O)c1ccc(N)cc1. The van der Waals surface area contributed by atoms with Crippen LogP contribution >= 0.6 is 0 Å². The number of hydrogen-bond acceptors (Lipinski definition) is 4. The van der Waals surface area contributed by atoms with Gasteiger partial charge in [0.2, 0.25) is 0 Å². The number of esters is 1. The van der Waals surface area contributed by atoms with Crippen LogP contribution in [0, 0.1) is 0 Å². The lowest BCUT2D eigenvalue weighted by molar-refractivity contribution is -0.128. The molecule has 0 aliphatic rings. The van der Waals surface area contributed by atoms with Gasteiger partial charge in [0, 0.05) is 17.3 Å². The molecule has 0 aliphatic carbocycles. The van der Waals surface area contributed by atoms with E-state index in [2.05, 4.69) is 6.58 Å². The number of anilines is 1. The number of hydrogen-bond donors (Lipinski definition) is 1. The van der Waals surface area contributed by atoms with E-state index < -0.39 is 5.97 Å². The van der Waals surface area contributed by atoms with E-state index in [9.17, 15) is 9.59 Å². The van der Waals surface area contributed by atoms with Gasteiger partial charge in [0.1, 0.15) is 5.75 Å². The molecule has 0 amide bonds. The number of carbonyl (C=O) groups is 2. The molecule has 2 aromatic carbocycles. The summed E-state index contributed by atoms with van der Waals surface area (Å²) in [6.45, 7) is 3.33. The average Bonchev–Trinajstić information content (AvgIpc) is 2.48. The minimum absolute atomic E-state index is 0.208. The maximum absolute atomic E-state index is 12.4. The summed E-state index contributed by atoms with van der Waals surface area (Å²) >= 11 is 0. The third-order valence-electron chi connectivity index (χ3n) is 2.68. The molecule has 0 spiro atoms. The summed E-state index contributed by atoms with van der Waals surface area (Å²) in [4.78, 5) is 23.7. The van der Waals surface area contributed by atoms with Crippen molar-refractivity contribution in [3.8, 4) is 5.75 Å². The fraction of sp³-hybridized carbons (Fsp3) is 0. The Labute approximate surface area is 116 Å². The Balaban J connectivity index is 2.36. The van der Waals surface area contributed by atoms with Crippen molar-refractivity contribution >= 4 is 17.4 Å². The quantitative estimate of drug-likeness (QED) is 0.304. The number of benzene rings is 2. The summed E-state index contributed by atoms with van der Waals surface area (Å²) in [7, 11) is 0. The molecule has 0 saturated carbocycles. The highest BCUT2D eigenvalue weighted by Gasteiger charge is 2.15. The highest BCUT2D eigenvalue weighted by atomic mass is 16.5. The van der Waals surface area contributed by atoms with Gasteiger partial charge in [-0.25, -0.2) is 4.79 Å². The van der Waals surface area contributed by atoms with Gasteiger partial charge in [0.25, 0.3) is 0 Å². The zero-order chi connectivity index (χ0) is 14.5. The van der Waals surface area contributed by atoms with E-state index >= 15 is 0 Å². The minimum atomic E-state index is -0.609. The van der Waals surface area contributed by atoms with Crippen LogP contribution in [0.2, 0.25) is 0 Å². The molecule has 2 aromatic rings. The third-order valence-corrected chi connectivity index (χ3v) is 2.68. The van der Waals surface area contributed by atoms with Crippen LogP contribution in [0.1, 0.15) is 15.9 Å². The first-order chi connectivity index (χ1) is 9.61. The lowest BCUT2D eigenvalue weighted by Gasteiger charge is -2.08. The van der Waals surface area contributed by atoms with Crippen LogP contribution in [0.5, 0.6) is 5.75 Å². The zero-order valence-corrected chi connectivity index (χ0v) is 10.7. The van der Waals surface area contributed by atoms with E-state index in [0.29, 0.717) is 16.8 Å². The molecule has 0 fully saturated rings. The smallest absolute Gasteiger partial charge is 0.335 e. The first kappa shape index (κ1) is 13.5. The second-order valence-electron chi connectivity index (χ2n) is 4.07. The molecule has 0 radical (unpaired) electrons. The van der Waals surface area contributed by atoms with E-state index in [-0.39, 0.29) is 11.5 Å². The molecule has 0 aromatic heterocycles. The molecule has 0 saturated heterocycles. The molecule has 0 aliphatic heterocycles. The van der Waals surface area contributed by atoms with Crippen molar-refractivity contribution in [1.82, 2.24) is 0 Å². The van der Waals surface area contributed by atoms with Crippen LogP contribution in [-0.2, 0) is 4.79 Å². The van der Waals surface area contributed by atoms with Crippen LogP contribution in [0.25, 0.3) is 0 Å². The lowest BCUT2D eigenvalue weighted by atomic mass is 10.0. The predicted octanol–water partition coefficient (Wildman–Crippen LogP) is 2.59. The normalized spacial score (nSPS) is 9.80. The van der Waals surface area contributed by atoms with Gasteiger partial charge in [-0.05, 0) is 36.4 Å². The summed E-state index contributed by atoms with van der Waals surface area (Å²) in [6, 6.07) is 13.1. The molecule has 4 heteroatoms. The first-order valence-corrected chi connectivity index (χ1v) is 5.95. The van der Waals surface area contributed by atoms with Crippen LogP contribution in [-0.4, -0.2) is 11.8 Å². The number of nitrogens with two attached hydrogens (primary N) is 1. The first-order valence-electron chi connectivity index (χ1n) is 5.95. The molecule has 20 heavy (non-hydrogen) atoms. The van der Waals surface area contributed by atoms with Gasteiger partial charge >= 0.3 is 5.97 Å². The average molecular weight is 267 g/mol. The topological polar surface area (TPSA) is 69.4 Å². The lowest BCUT2D eigenvalue weighted by Crippen LogP contribution is -2.09. The van der Waals surface area contributed by atoms with E-state index in [4.69, 9.17) is 10.5 Å². The van der Waals surface area contributed by atoms with Gasteiger partial charge in [-0.3, -0.25) is 4.79 Å². The van der Waals surface area contributed by atoms with Gasteiger partial charge < -0.3 is 10.5 Å². The van der Waals surface area contributed by atoms with Crippen molar-refractivity contribution in [3.63, 3.8) is 0 Å². The summed E-state index contributed by atoms with van der Waals surface area (Å²) < 4.78 is 5.06. The molecule has 0 bridgehead atoms. The Morgan fingerprint density at radius 2 is 1.70 bits per heavy atom. The van der Waals surface area contributed by atoms with E-state index in [1.54, 1.807) is 48.5 Å². The Bertz CT molecular complexity index is 660. The zero-order valence-electron chi connectivity index (χ0n) is 10.7. The second kappa shape index (κ2) is 5.84. The Kier molecular flexibility index (Phi) is 3.96. The van der Waals surface area contributed by atoms with Crippen molar-refractivity contribution in [2.45, 2.75) is 0 Å². The minimum Gasteiger partial charge on any atom is -0.423 e. The van der Waals surface area contributed by atoms with Gasteiger partial charge in [-0.15, -0.1) is 0 Å². The van der Waals surface area contributed by atoms with Crippen molar-refractivity contribution in [2.75, 3.05) is 5.73 Å². The Morgan fingerprint density at radius 1 is 1.05 bits per heavy atom. The van der Waals surface area contributed by atoms with E-state index in [0.717, 1.165) is 6.08 Å². The van der Waals surface area contributed by atoms with Crippen molar-refractivity contribution < 1.29 is 14.3 Å². The fourth-order valence-corrected chi connectivity index (χ4v) is 1.68. The van der Waals surface area contributed by atoms with Crippen molar-refractivity contribution in [1.29, 1.82) is 0 Å². The second-order valence-corrected chi connectivity index (χ2v) is 4.07. The number of carbonyl (C=O) groups excluding carboxylic acids is 2. The molecular weight excluding hydrogens is 254 g/mol. The number of nitrogen functional groups attached to an aromatic ring is 1. The maximum atomic E-state index is 12.4. The Morgan fingerprint density at radius 3 is 2.35 bits per heavy atom. The van der Waals surface area contributed by atoms with Crippen LogP contribution in [0.15, 0.2) is 61.2 Å². The highest BCUT2D eigenvalue weighted by Crippen LogP contribution is 2.22. The van der Waals surface area contributed by atoms with Crippen LogP contribution in [0.4, 0.5) is 5.69 Å². The molecule has 2 rings (SSSR count). The molecule has 0 heterocycles. The summed E-state index contributed by atoms with van der Waals surface area (Å²) in [5.41, 5.74) is 6.95. The largest absolute Gasteiger partial charge is 0.423 e. The van der Waals surface area contributed by atoms with E-state index in [1.165, 1.54) is 0 Å². The summed E-state index contributed by atoms with van der Waals surface area (Å²) in [6.07, 6.45) is 1.05. The number of ketones is 1. The van der Waals surface area contributed by atoms with Gasteiger partial charge in [-0.2, -0.15) is 0 Å². The van der Waals surface area contributed by atoms with Crippen molar-refractivity contribution in [3.05, 3.63) is 72.3 Å². The third kappa shape index (κ3) is 2.92. The molecule has 0 atom stereocenters. The number of para-hydroxylation sites is 1. The molecule has 0 unspecified atom stereocenters. The van der Waals surface area contributed by atoms with Gasteiger partial charge in [0.05, 0.1) is 5.56 Å².